The van der Waals surface area contributed by atoms with Crippen LogP contribution in [0.15, 0.2) is 48.0 Å². The van der Waals surface area contributed by atoms with Gasteiger partial charge in [0.2, 0.25) is 0 Å². The fourth-order valence-corrected chi connectivity index (χ4v) is 4.56. The van der Waals surface area contributed by atoms with E-state index < -0.39 is 17.7 Å². The molecule has 0 radical (unpaired) electrons. The van der Waals surface area contributed by atoms with E-state index in [0.717, 1.165) is 13.1 Å². The van der Waals surface area contributed by atoms with Gasteiger partial charge < -0.3 is 29.3 Å². The molecule has 0 aromatic heterocycles. The summed E-state index contributed by atoms with van der Waals surface area (Å²) >= 11 is 0. The van der Waals surface area contributed by atoms with E-state index in [4.69, 9.17) is 14.2 Å². The number of rotatable bonds is 9. The summed E-state index contributed by atoms with van der Waals surface area (Å²) in [5.74, 6) is -0.973. The molecule has 0 aliphatic carbocycles. The summed E-state index contributed by atoms with van der Waals surface area (Å²) in [5.41, 5.74) is 0.921. The van der Waals surface area contributed by atoms with Crippen LogP contribution in [0.3, 0.4) is 0 Å². The molecule has 2 heterocycles. The van der Waals surface area contributed by atoms with Gasteiger partial charge in [0, 0.05) is 31.7 Å². The van der Waals surface area contributed by atoms with Crippen molar-refractivity contribution in [1.29, 1.82) is 0 Å². The quantitative estimate of drug-likeness (QED) is 0.310. The molecule has 192 valence electrons. The number of ether oxygens (including phenoxy) is 3. The van der Waals surface area contributed by atoms with Gasteiger partial charge in [-0.15, -0.1) is 0 Å². The number of phenols is 1. The van der Waals surface area contributed by atoms with Crippen molar-refractivity contribution in [3.8, 4) is 17.2 Å². The minimum atomic E-state index is -0.846. The number of carbonyl (C=O) groups is 2. The van der Waals surface area contributed by atoms with E-state index in [9.17, 15) is 19.8 Å². The fourth-order valence-electron chi connectivity index (χ4n) is 4.56. The van der Waals surface area contributed by atoms with Crippen molar-refractivity contribution in [3.05, 3.63) is 59.2 Å². The molecule has 0 saturated carbocycles. The summed E-state index contributed by atoms with van der Waals surface area (Å²) in [6, 6.07) is 10.7. The Kier molecular flexibility index (Phi) is 8.12. The van der Waals surface area contributed by atoms with Crippen molar-refractivity contribution in [2.24, 2.45) is 0 Å². The number of hydrogen-bond acceptors (Lipinski definition) is 8. The lowest BCUT2D eigenvalue weighted by molar-refractivity contribution is -0.140. The van der Waals surface area contributed by atoms with Gasteiger partial charge in [0.15, 0.2) is 11.5 Å². The summed E-state index contributed by atoms with van der Waals surface area (Å²) in [7, 11) is 0. The Balaban J connectivity index is 1.77. The van der Waals surface area contributed by atoms with Gasteiger partial charge in [-0.1, -0.05) is 18.2 Å². The fraction of sp³-hybridized carbons (Fsp3) is 0.407. The second-order valence-electron chi connectivity index (χ2n) is 8.57. The van der Waals surface area contributed by atoms with Gasteiger partial charge in [-0.2, -0.15) is 0 Å². The number of morpholine rings is 1. The molecular weight excluding hydrogens is 464 g/mol. The highest BCUT2D eigenvalue weighted by atomic mass is 16.5. The molecule has 1 atom stereocenters. The molecule has 9 nitrogen and oxygen atoms in total. The molecule has 1 unspecified atom stereocenters. The van der Waals surface area contributed by atoms with E-state index in [0.29, 0.717) is 49.8 Å². The number of ketones is 1. The van der Waals surface area contributed by atoms with E-state index in [1.54, 1.807) is 43.3 Å². The molecule has 1 amide bonds. The Labute approximate surface area is 210 Å². The molecule has 2 aliphatic rings. The van der Waals surface area contributed by atoms with Crippen LogP contribution in [0.4, 0.5) is 0 Å². The predicted molar refractivity (Wildman–Crippen MR) is 133 cm³/mol. The summed E-state index contributed by atoms with van der Waals surface area (Å²) in [4.78, 5) is 30.2. The van der Waals surface area contributed by atoms with Crippen molar-refractivity contribution in [3.63, 3.8) is 0 Å². The van der Waals surface area contributed by atoms with Gasteiger partial charge in [-0.3, -0.25) is 14.5 Å². The van der Waals surface area contributed by atoms with E-state index in [2.05, 4.69) is 4.90 Å². The standard InChI is InChI=1S/C27H32N2O7/c1-3-35-20-7-5-6-19(16-20)25(31)23-24(18-8-9-21(30)22(17-18)36-4-2)29(27(33)26(23)32)11-10-28-12-14-34-15-13-28/h5-9,16-17,24,30-31H,3-4,10-15H2,1-2H3/b25-23+. The van der Waals surface area contributed by atoms with Gasteiger partial charge in [0.05, 0.1) is 38.0 Å². The van der Waals surface area contributed by atoms with Gasteiger partial charge in [-0.05, 0) is 43.7 Å². The SMILES string of the molecule is CCOc1cccc(/C(O)=C2\C(=O)C(=O)N(CCN3CCOCC3)C2c2ccc(O)c(OCC)c2)c1. The molecule has 36 heavy (non-hydrogen) atoms. The monoisotopic (exact) mass is 496 g/mol. The molecule has 2 fully saturated rings. The lowest BCUT2D eigenvalue weighted by Crippen LogP contribution is -2.42. The van der Waals surface area contributed by atoms with Crippen LogP contribution in [-0.2, 0) is 14.3 Å². The zero-order valence-electron chi connectivity index (χ0n) is 20.6. The first-order chi connectivity index (χ1) is 17.4. The Morgan fingerprint density at radius 1 is 1.03 bits per heavy atom. The zero-order valence-corrected chi connectivity index (χ0v) is 20.6. The van der Waals surface area contributed by atoms with Crippen molar-refractivity contribution in [2.75, 3.05) is 52.6 Å². The second kappa shape index (κ2) is 11.5. The number of amides is 1. The first kappa shape index (κ1) is 25.5. The highest BCUT2D eigenvalue weighted by molar-refractivity contribution is 6.46. The molecule has 2 aromatic rings. The highest BCUT2D eigenvalue weighted by Gasteiger charge is 2.46. The van der Waals surface area contributed by atoms with Gasteiger partial charge >= 0.3 is 0 Å². The number of likely N-dealkylation sites (tertiary alicyclic amines) is 1. The van der Waals surface area contributed by atoms with Crippen molar-refractivity contribution < 1.29 is 34.0 Å². The lowest BCUT2D eigenvalue weighted by Gasteiger charge is -2.31. The minimum Gasteiger partial charge on any atom is -0.507 e. The lowest BCUT2D eigenvalue weighted by atomic mass is 9.95. The zero-order chi connectivity index (χ0) is 25.7. The molecular formula is C27H32N2O7. The van der Waals surface area contributed by atoms with Crippen molar-refractivity contribution >= 4 is 17.4 Å². The summed E-state index contributed by atoms with van der Waals surface area (Å²) < 4.78 is 16.5. The third kappa shape index (κ3) is 5.32. The largest absolute Gasteiger partial charge is 0.507 e. The summed E-state index contributed by atoms with van der Waals surface area (Å²) in [6.07, 6.45) is 0. The smallest absolute Gasteiger partial charge is 0.295 e. The number of phenolic OH excluding ortho intramolecular Hbond substituents is 1. The highest BCUT2D eigenvalue weighted by Crippen LogP contribution is 2.42. The molecule has 0 spiro atoms. The van der Waals surface area contributed by atoms with Crippen LogP contribution in [0.5, 0.6) is 17.2 Å². The third-order valence-corrected chi connectivity index (χ3v) is 6.32. The number of aromatic hydroxyl groups is 1. The van der Waals surface area contributed by atoms with Crippen LogP contribution in [0.2, 0.25) is 0 Å². The number of aliphatic hydroxyl groups is 1. The molecule has 2 aromatic carbocycles. The Morgan fingerprint density at radius 2 is 1.78 bits per heavy atom. The Hall–Kier alpha value is -3.56. The van der Waals surface area contributed by atoms with Crippen LogP contribution in [0, 0.1) is 0 Å². The number of benzene rings is 2. The second-order valence-corrected chi connectivity index (χ2v) is 8.57. The van der Waals surface area contributed by atoms with E-state index in [-0.39, 0.29) is 29.4 Å². The molecule has 2 aliphatic heterocycles. The molecule has 4 rings (SSSR count). The number of aliphatic hydroxyl groups excluding tert-OH is 1. The molecule has 2 N–H and O–H groups in total. The van der Waals surface area contributed by atoms with Crippen LogP contribution in [-0.4, -0.2) is 84.3 Å². The first-order valence-electron chi connectivity index (χ1n) is 12.2. The minimum absolute atomic E-state index is 0.0104. The maximum absolute atomic E-state index is 13.3. The molecule has 2 saturated heterocycles. The maximum atomic E-state index is 13.3. The normalized spacial score (nSPS) is 20.1. The average Bonchev–Trinajstić information content (AvgIpc) is 3.14. The van der Waals surface area contributed by atoms with Crippen LogP contribution >= 0.6 is 0 Å². The van der Waals surface area contributed by atoms with E-state index in [1.165, 1.54) is 11.0 Å². The molecule has 9 heteroatoms. The third-order valence-electron chi connectivity index (χ3n) is 6.32. The van der Waals surface area contributed by atoms with Crippen LogP contribution in [0.1, 0.15) is 31.0 Å². The van der Waals surface area contributed by atoms with Gasteiger partial charge in [-0.25, -0.2) is 0 Å². The number of carbonyl (C=O) groups excluding carboxylic acids is 2. The van der Waals surface area contributed by atoms with Gasteiger partial charge in [0.25, 0.3) is 11.7 Å². The van der Waals surface area contributed by atoms with Crippen molar-refractivity contribution in [2.45, 2.75) is 19.9 Å². The maximum Gasteiger partial charge on any atom is 0.295 e. The average molecular weight is 497 g/mol. The number of hydrogen-bond donors (Lipinski definition) is 2. The van der Waals surface area contributed by atoms with E-state index in [1.807, 2.05) is 6.92 Å². The summed E-state index contributed by atoms with van der Waals surface area (Å²) in [6.45, 7) is 8.00. The van der Waals surface area contributed by atoms with Gasteiger partial charge in [0.1, 0.15) is 11.5 Å². The topological polar surface area (TPSA) is 109 Å². The van der Waals surface area contributed by atoms with Crippen molar-refractivity contribution in [1.82, 2.24) is 9.80 Å². The van der Waals surface area contributed by atoms with E-state index >= 15 is 0 Å². The van der Waals surface area contributed by atoms with Crippen LogP contribution in [0.25, 0.3) is 5.76 Å². The number of nitrogens with zero attached hydrogens (tertiary/aromatic N) is 2. The molecule has 0 bridgehead atoms. The first-order valence-corrected chi connectivity index (χ1v) is 12.2. The number of Topliss-reactive ketones (excluding diaryl/α,β-unsaturated/α-hetero) is 1. The Bertz CT molecular complexity index is 1140. The predicted octanol–water partition coefficient (Wildman–Crippen LogP) is 2.94. The Morgan fingerprint density at radius 3 is 2.50 bits per heavy atom. The van der Waals surface area contributed by atoms with Crippen LogP contribution < -0.4 is 9.47 Å². The summed E-state index contributed by atoms with van der Waals surface area (Å²) in [5, 5.41) is 21.5.